The molecule has 26 heavy (non-hydrogen) atoms. The van der Waals surface area contributed by atoms with Gasteiger partial charge in [0.15, 0.2) is 5.96 Å². The van der Waals surface area contributed by atoms with Crippen LogP contribution in [0.4, 0.5) is 0 Å². The molecular formula is C20H34N4O2. The van der Waals surface area contributed by atoms with Crippen molar-refractivity contribution in [2.24, 2.45) is 10.9 Å². The predicted octanol–water partition coefficient (Wildman–Crippen LogP) is 1.70. The van der Waals surface area contributed by atoms with Crippen LogP contribution in [0.2, 0.25) is 0 Å². The maximum atomic E-state index is 12.0. The van der Waals surface area contributed by atoms with Gasteiger partial charge in [0.05, 0.1) is 0 Å². The first-order chi connectivity index (χ1) is 12.7. The highest BCUT2D eigenvalue weighted by Gasteiger charge is 2.08. The van der Waals surface area contributed by atoms with E-state index in [1.54, 1.807) is 0 Å². The van der Waals surface area contributed by atoms with E-state index in [9.17, 15) is 4.79 Å². The average Bonchev–Trinajstić information content (AvgIpc) is 2.65. The maximum absolute atomic E-state index is 12.0. The van der Waals surface area contributed by atoms with Gasteiger partial charge in [0.25, 0.3) is 0 Å². The Bertz CT molecular complexity index is 514. The summed E-state index contributed by atoms with van der Waals surface area (Å²) in [7, 11) is 0. The number of rotatable bonds is 12. The van der Waals surface area contributed by atoms with Gasteiger partial charge in [0, 0.05) is 26.2 Å². The van der Waals surface area contributed by atoms with Crippen LogP contribution in [0.25, 0.3) is 0 Å². The first-order valence-electron chi connectivity index (χ1n) is 9.63. The van der Waals surface area contributed by atoms with Gasteiger partial charge in [0.2, 0.25) is 5.91 Å². The summed E-state index contributed by atoms with van der Waals surface area (Å²) in [5, 5.41) is 18.5. The van der Waals surface area contributed by atoms with Gasteiger partial charge in [-0.25, -0.2) is 4.99 Å². The first-order valence-corrected chi connectivity index (χ1v) is 9.63. The van der Waals surface area contributed by atoms with Gasteiger partial charge in [-0.2, -0.15) is 0 Å². The molecule has 6 heteroatoms. The van der Waals surface area contributed by atoms with Crippen LogP contribution in [-0.2, 0) is 11.2 Å². The first kappa shape index (κ1) is 22.0. The number of amides is 1. The molecule has 0 fully saturated rings. The smallest absolute Gasteiger partial charge is 0.241 e. The normalized spacial score (nSPS) is 12.5. The summed E-state index contributed by atoms with van der Waals surface area (Å²) in [5.41, 5.74) is 1.21. The number of hydrogen-bond donors (Lipinski definition) is 4. The van der Waals surface area contributed by atoms with E-state index in [0.29, 0.717) is 18.4 Å². The van der Waals surface area contributed by atoms with Crippen molar-refractivity contribution in [3.05, 3.63) is 35.9 Å². The van der Waals surface area contributed by atoms with Crippen LogP contribution < -0.4 is 16.0 Å². The minimum Gasteiger partial charge on any atom is -0.396 e. The van der Waals surface area contributed by atoms with Crippen LogP contribution in [0.1, 0.15) is 38.7 Å². The van der Waals surface area contributed by atoms with Gasteiger partial charge in [-0.05, 0) is 37.7 Å². The van der Waals surface area contributed by atoms with Gasteiger partial charge in [0.1, 0.15) is 6.54 Å². The monoisotopic (exact) mass is 362 g/mol. The molecule has 0 radical (unpaired) electrons. The fraction of sp³-hybridized carbons (Fsp3) is 0.600. The zero-order chi connectivity index (χ0) is 19.0. The molecule has 0 saturated carbocycles. The van der Waals surface area contributed by atoms with E-state index in [2.05, 4.69) is 40.0 Å². The summed E-state index contributed by atoms with van der Waals surface area (Å²) in [5.74, 6) is 0.969. The van der Waals surface area contributed by atoms with E-state index in [1.807, 2.05) is 25.1 Å². The molecule has 1 aromatic carbocycles. The average molecular weight is 363 g/mol. The number of hydrogen-bond acceptors (Lipinski definition) is 3. The molecule has 146 valence electrons. The van der Waals surface area contributed by atoms with Crippen LogP contribution in [0.15, 0.2) is 35.3 Å². The highest BCUT2D eigenvalue weighted by molar-refractivity contribution is 5.84. The number of aliphatic hydroxyl groups excluding tert-OH is 1. The van der Waals surface area contributed by atoms with Crippen LogP contribution in [0.3, 0.4) is 0 Å². The third-order valence-electron chi connectivity index (χ3n) is 4.10. The summed E-state index contributed by atoms with van der Waals surface area (Å²) in [4.78, 5) is 16.3. The number of carbonyl (C=O) groups excluding carboxylic acids is 1. The van der Waals surface area contributed by atoms with Crippen molar-refractivity contribution >= 4 is 11.9 Å². The Hall–Kier alpha value is -2.08. The second kappa shape index (κ2) is 14.1. The lowest BCUT2D eigenvalue weighted by molar-refractivity contribution is -0.119. The third kappa shape index (κ3) is 10.0. The number of aliphatic hydroxyl groups is 1. The molecule has 0 saturated heterocycles. The van der Waals surface area contributed by atoms with Gasteiger partial charge < -0.3 is 21.1 Å². The molecule has 1 aromatic rings. The lowest BCUT2D eigenvalue weighted by Gasteiger charge is -2.18. The molecule has 4 N–H and O–H groups in total. The largest absolute Gasteiger partial charge is 0.396 e. The van der Waals surface area contributed by atoms with E-state index in [0.717, 1.165) is 38.8 Å². The molecule has 0 aromatic heterocycles. The summed E-state index contributed by atoms with van der Waals surface area (Å²) >= 11 is 0. The number of aliphatic imine (C=N–C) groups is 1. The Morgan fingerprint density at radius 3 is 2.54 bits per heavy atom. The van der Waals surface area contributed by atoms with E-state index in [1.165, 1.54) is 5.56 Å². The lowest BCUT2D eigenvalue weighted by atomic mass is 10.0. The van der Waals surface area contributed by atoms with Gasteiger partial charge in [-0.1, -0.05) is 43.7 Å². The quantitative estimate of drug-likeness (QED) is 0.337. The maximum Gasteiger partial charge on any atom is 0.241 e. The summed E-state index contributed by atoms with van der Waals surface area (Å²) in [6.45, 7) is 6.53. The third-order valence-corrected chi connectivity index (χ3v) is 4.10. The highest BCUT2D eigenvalue weighted by atomic mass is 16.3. The van der Waals surface area contributed by atoms with Gasteiger partial charge >= 0.3 is 0 Å². The van der Waals surface area contributed by atoms with Crippen molar-refractivity contribution < 1.29 is 9.90 Å². The van der Waals surface area contributed by atoms with E-state index in [-0.39, 0.29) is 19.1 Å². The van der Waals surface area contributed by atoms with Crippen LogP contribution in [0.5, 0.6) is 0 Å². The van der Waals surface area contributed by atoms with E-state index >= 15 is 0 Å². The minimum atomic E-state index is -0.0846. The van der Waals surface area contributed by atoms with Crippen molar-refractivity contribution in [1.82, 2.24) is 16.0 Å². The molecule has 0 bridgehead atoms. The highest BCUT2D eigenvalue weighted by Crippen LogP contribution is 2.09. The molecule has 1 atom stereocenters. The van der Waals surface area contributed by atoms with Crippen LogP contribution in [-0.4, -0.2) is 49.8 Å². The zero-order valence-corrected chi connectivity index (χ0v) is 16.1. The van der Waals surface area contributed by atoms with Crippen molar-refractivity contribution in [3.8, 4) is 0 Å². The fourth-order valence-corrected chi connectivity index (χ4v) is 2.72. The summed E-state index contributed by atoms with van der Waals surface area (Å²) in [6.07, 6.45) is 3.74. The van der Waals surface area contributed by atoms with Crippen molar-refractivity contribution in [2.75, 3.05) is 32.8 Å². The van der Waals surface area contributed by atoms with Gasteiger partial charge in [-0.3, -0.25) is 4.79 Å². The number of guanidine groups is 1. The van der Waals surface area contributed by atoms with Crippen LogP contribution in [0, 0.1) is 5.92 Å². The number of nitrogens with zero attached hydrogens (tertiary/aromatic N) is 1. The molecular weight excluding hydrogens is 328 g/mol. The van der Waals surface area contributed by atoms with Crippen molar-refractivity contribution in [1.29, 1.82) is 0 Å². The van der Waals surface area contributed by atoms with Crippen LogP contribution >= 0.6 is 0 Å². The SMILES string of the molecule is CCCC(CCO)CNC(=NCC(=O)NCCc1ccccc1)NCC. The molecule has 0 spiro atoms. The molecule has 0 aliphatic carbocycles. The van der Waals surface area contributed by atoms with E-state index in [4.69, 9.17) is 5.11 Å². The molecule has 0 aliphatic heterocycles. The Kier molecular flexibility index (Phi) is 11.9. The molecule has 1 amide bonds. The number of nitrogens with one attached hydrogen (secondary N) is 3. The summed E-state index contributed by atoms with van der Waals surface area (Å²) < 4.78 is 0. The second-order valence-corrected chi connectivity index (χ2v) is 6.33. The zero-order valence-electron chi connectivity index (χ0n) is 16.1. The fourth-order valence-electron chi connectivity index (χ4n) is 2.72. The molecule has 6 nitrogen and oxygen atoms in total. The van der Waals surface area contributed by atoms with Gasteiger partial charge in [-0.15, -0.1) is 0 Å². The van der Waals surface area contributed by atoms with Crippen molar-refractivity contribution in [3.63, 3.8) is 0 Å². The Morgan fingerprint density at radius 2 is 1.88 bits per heavy atom. The standard InChI is InChI=1S/C20H34N4O2/c1-3-8-18(12-14-25)15-23-20(21-4-2)24-16-19(26)22-13-11-17-9-6-5-7-10-17/h5-7,9-10,18,25H,3-4,8,11-16H2,1-2H3,(H,22,26)(H2,21,23,24). The topological polar surface area (TPSA) is 85.8 Å². The molecule has 1 unspecified atom stereocenters. The number of benzene rings is 1. The lowest BCUT2D eigenvalue weighted by Crippen LogP contribution is -2.41. The predicted molar refractivity (Wildman–Crippen MR) is 107 cm³/mol. The Balaban J connectivity index is 2.37. The Labute approximate surface area is 157 Å². The molecule has 0 heterocycles. The molecule has 0 aliphatic rings. The second-order valence-electron chi connectivity index (χ2n) is 6.33. The Morgan fingerprint density at radius 1 is 1.12 bits per heavy atom. The summed E-state index contributed by atoms with van der Waals surface area (Å²) in [6, 6.07) is 10.1. The minimum absolute atomic E-state index is 0.0846. The number of carbonyl (C=O) groups is 1. The van der Waals surface area contributed by atoms with E-state index < -0.39 is 0 Å². The molecule has 1 rings (SSSR count). The van der Waals surface area contributed by atoms with Crippen molar-refractivity contribution in [2.45, 2.75) is 39.5 Å².